The van der Waals surface area contributed by atoms with E-state index in [0.29, 0.717) is 5.56 Å². The molecule has 4 heteroatoms. The summed E-state index contributed by atoms with van der Waals surface area (Å²) in [5.74, 6) is 0. The van der Waals surface area contributed by atoms with Crippen LogP contribution in [0.2, 0.25) is 0 Å². The number of aromatic amines is 2. The fourth-order valence-electron chi connectivity index (χ4n) is 1.46. The van der Waals surface area contributed by atoms with Crippen LogP contribution in [0.5, 0.6) is 0 Å². The quantitative estimate of drug-likeness (QED) is 0.775. The van der Waals surface area contributed by atoms with E-state index in [9.17, 15) is 4.79 Å². The van der Waals surface area contributed by atoms with Gasteiger partial charge < -0.3 is 10.00 Å². The topological polar surface area (TPSA) is 51.9 Å². The van der Waals surface area contributed by atoms with Crippen LogP contribution < -0.4 is 10.5 Å². The summed E-state index contributed by atoms with van der Waals surface area (Å²) in [6.45, 7) is 0. The Kier molecular flexibility index (Phi) is 2.33. The first-order chi connectivity index (χ1) is 7.18. The van der Waals surface area contributed by atoms with Gasteiger partial charge in [-0.15, -0.1) is 0 Å². The largest absolute Gasteiger partial charge is 0.378 e. The zero-order chi connectivity index (χ0) is 10.8. The van der Waals surface area contributed by atoms with Crippen molar-refractivity contribution in [1.29, 1.82) is 0 Å². The molecule has 0 aliphatic heterocycles. The third-order valence-electron chi connectivity index (χ3n) is 2.34. The van der Waals surface area contributed by atoms with E-state index in [0.717, 1.165) is 11.3 Å². The van der Waals surface area contributed by atoms with Crippen LogP contribution in [0, 0.1) is 0 Å². The van der Waals surface area contributed by atoms with Crippen LogP contribution in [-0.4, -0.2) is 24.3 Å². The molecule has 1 aromatic heterocycles. The van der Waals surface area contributed by atoms with Crippen molar-refractivity contribution in [3.05, 3.63) is 40.8 Å². The maximum absolute atomic E-state index is 11.3. The number of benzene rings is 1. The van der Waals surface area contributed by atoms with Gasteiger partial charge in [0.05, 0.1) is 5.56 Å². The van der Waals surface area contributed by atoms with Crippen LogP contribution in [0.1, 0.15) is 0 Å². The normalized spacial score (nSPS) is 10.3. The summed E-state index contributed by atoms with van der Waals surface area (Å²) in [5, 5.41) is 5.20. The third-order valence-corrected chi connectivity index (χ3v) is 2.34. The van der Waals surface area contributed by atoms with E-state index >= 15 is 0 Å². The Balaban J connectivity index is 2.40. The Morgan fingerprint density at radius 3 is 2.27 bits per heavy atom. The average molecular weight is 203 g/mol. The Morgan fingerprint density at radius 2 is 1.80 bits per heavy atom. The van der Waals surface area contributed by atoms with Crippen molar-refractivity contribution in [2.24, 2.45) is 0 Å². The summed E-state index contributed by atoms with van der Waals surface area (Å²) in [6, 6.07) is 7.85. The van der Waals surface area contributed by atoms with Gasteiger partial charge in [-0.05, 0) is 17.7 Å². The molecule has 2 rings (SSSR count). The van der Waals surface area contributed by atoms with Gasteiger partial charge in [0.1, 0.15) is 0 Å². The Hall–Kier alpha value is -1.97. The number of hydrogen-bond donors (Lipinski definition) is 2. The van der Waals surface area contributed by atoms with E-state index in [1.54, 1.807) is 6.20 Å². The van der Waals surface area contributed by atoms with Gasteiger partial charge >= 0.3 is 0 Å². The second-order valence-corrected chi connectivity index (χ2v) is 3.60. The molecule has 0 saturated carbocycles. The van der Waals surface area contributed by atoms with Crippen LogP contribution in [-0.2, 0) is 0 Å². The molecule has 78 valence electrons. The van der Waals surface area contributed by atoms with E-state index < -0.39 is 0 Å². The molecule has 0 radical (unpaired) electrons. The molecule has 2 aromatic rings. The van der Waals surface area contributed by atoms with Crippen LogP contribution in [0.3, 0.4) is 0 Å². The fraction of sp³-hybridized carbons (Fsp3) is 0.182. The number of nitrogens with zero attached hydrogens (tertiary/aromatic N) is 1. The van der Waals surface area contributed by atoms with Crippen molar-refractivity contribution in [2.45, 2.75) is 0 Å². The number of H-pyrrole nitrogens is 2. The predicted molar refractivity (Wildman–Crippen MR) is 61.2 cm³/mol. The minimum Gasteiger partial charge on any atom is -0.378 e. The summed E-state index contributed by atoms with van der Waals surface area (Å²) in [4.78, 5) is 13.4. The number of anilines is 1. The summed E-state index contributed by atoms with van der Waals surface area (Å²) >= 11 is 0. The van der Waals surface area contributed by atoms with Gasteiger partial charge in [0.2, 0.25) is 0 Å². The Morgan fingerprint density at radius 1 is 1.13 bits per heavy atom. The molecule has 0 fully saturated rings. The fourth-order valence-corrected chi connectivity index (χ4v) is 1.46. The summed E-state index contributed by atoms with van der Waals surface area (Å²) in [5.41, 5.74) is 2.61. The van der Waals surface area contributed by atoms with Gasteiger partial charge in [-0.1, -0.05) is 12.1 Å². The van der Waals surface area contributed by atoms with Crippen molar-refractivity contribution >= 4 is 5.69 Å². The molecule has 0 spiro atoms. The Bertz CT molecular complexity index is 493. The first kappa shape index (κ1) is 9.58. The summed E-state index contributed by atoms with van der Waals surface area (Å²) < 4.78 is 0. The van der Waals surface area contributed by atoms with E-state index in [2.05, 4.69) is 10.2 Å². The second-order valence-electron chi connectivity index (χ2n) is 3.60. The molecule has 0 atom stereocenters. The molecule has 0 unspecified atom stereocenters. The zero-order valence-corrected chi connectivity index (χ0v) is 8.74. The van der Waals surface area contributed by atoms with Gasteiger partial charge in [-0.2, -0.15) is 0 Å². The van der Waals surface area contributed by atoms with E-state index in [1.807, 2.05) is 43.3 Å². The zero-order valence-electron chi connectivity index (χ0n) is 8.74. The minimum atomic E-state index is -0.0902. The lowest BCUT2D eigenvalue weighted by atomic mass is 10.1. The number of rotatable bonds is 2. The highest BCUT2D eigenvalue weighted by molar-refractivity contribution is 5.64. The molecule has 0 bridgehead atoms. The predicted octanol–water partition coefficient (Wildman–Crippen LogP) is 1.44. The lowest BCUT2D eigenvalue weighted by molar-refractivity contribution is 1.06. The monoisotopic (exact) mass is 203 g/mol. The lowest BCUT2D eigenvalue weighted by Gasteiger charge is -2.12. The summed E-state index contributed by atoms with van der Waals surface area (Å²) in [6.07, 6.45) is 1.67. The maximum Gasteiger partial charge on any atom is 0.271 e. The number of aromatic nitrogens is 2. The van der Waals surface area contributed by atoms with Crippen LogP contribution in [0.15, 0.2) is 35.3 Å². The van der Waals surface area contributed by atoms with Crippen LogP contribution in [0.25, 0.3) is 11.1 Å². The van der Waals surface area contributed by atoms with E-state index in [4.69, 9.17) is 0 Å². The second kappa shape index (κ2) is 3.65. The molecule has 0 amide bonds. The molecular weight excluding hydrogens is 190 g/mol. The van der Waals surface area contributed by atoms with Crippen molar-refractivity contribution in [2.75, 3.05) is 19.0 Å². The van der Waals surface area contributed by atoms with Crippen molar-refractivity contribution in [3.63, 3.8) is 0 Å². The van der Waals surface area contributed by atoms with Gasteiger partial charge in [0, 0.05) is 26.0 Å². The number of nitrogens with one attached hydrogen (secondary N) is 2. The molecular formula is C11H13N3O. The third kappa shape index (κ3) is 1.79. The smallest absolute Gasteiger partial charge is 0.271 e. The van der Waals surface area contributed by atoms with Crippen molar-refractivity contribution in [3.8, 4) is 11.1 Å². The minimum absolute atomic E-state index is 0.0902. The molecule has 0 aliphatic carbocycles. The summed E-state index contributed by atoms with van der Waals surface area (Å²) in [7, 11) is 3.97. The van der Waals surface area contributed by atoms with E-state index in [-0.39, 0.29) is 5.56 Å². The molecule has 1 heterocycles. The molecule has 0 aliphatic rings. The maximum atomic E-state index is 11.3. The molecule has 0 saturated heterocycles. The molecule has 15 heavy (non-hydrogen) atoms. The molecule has 2 N–H and O–H groups in total. The first-order valence-corrected chi connectivity index (χ1v) is 4.72. The van der Waals surface area contributed by atoms with Gasteiger partial charge in [0.25, 0.3) is 5.56 Å². The highest BCUT2D eigenvalue weighted by Crippen LogP contribution is 2.18. The standard InChI is InChI=1S/C11H13N3O/c1-14(2)9-5-3-8(4-6-9)10-7-12-13-11(10)15/h3-7H,1-2H3,(H2,12,13,15). The van der Waals surface area contributed by atoms with Gasteiger partial charge in [-0.3, -0.25) is 9.89 Å². The SMILES string of the molecule is CN(C)c1ccc(-c2c[nH][nH]c2=O)cc1. The van der Waals surface area contributed by atoms with Gasteiger partial charge in [0.15, 0.2) is 0 Å². The first-order valence-electron chi connectivity index (χ1n) is 4.72. The average Bonchev–Trinajstić information content (AvgIpc) is 2.65. The number of hydrogen-bond acceptors (Lipinski definition) is 2. The van der Waals surface area contributed by atoms with Crippen molar-refractivity contribution in [1.82, 2.24) is 10.2 Å². The van der Waals surface area contributed by atoms with Crippen LogP contribution >= 0.6 is 0 Å². The molecule has 1 aromatic carbocycles. The lowest BCUT2D eigenvalue weighted by Crippen LogP contribution is -2.08. The van der Waals surface area contributed by atoms with Crippen LogP contribution in [0.4, 0.5) is 5.69 Å². The highest BCUT2D eigenvalue weighted by Gasteiger charge is 2.03. The highest BCUT2D eigenvalue weighted by atomic mass is 16.1. The van der Waals surface area contributed by atoms with Crippen molar-refractivity contribution < 1.29 is 0 Å². The molecule has 4 nitrogen and oxygen atoms in total. The van der Waals surface area contributed by atoms with Gasteiger partial charge in [-0.25, -0.2) is 0 Å². The Labute approximate surface area is 87.5 Å². The van der Waals surface area contributed by atoms with E-state index in [1.165, 1.54) is 0 Å².